The maximum atomic E-state index is 12.5. The molecule has 0 aliphatic rings. The van der Waals surface area contributed by atoms with Crippen molar-refractivity contribution in [2.75, 3.05) is 0 Å². The van der Waals surface area contributed by atoms with Gasteiger partial charge >= 0.3 is 11.9 Å². The van der Waals surface area contributed by atoms with Gasteiger partial charge in [0.1, 0.15) is 11.3 Å². The van der Waals surface area contributed by atoms with Crippen LogP contribution in [-0.4, -0.2) is 26.6 Å². The molecular weight excluding hydrogens is 374 g/mol. The van der Waals surface area contributed by atoms with Crippen LogP contribution in [0.3, 0.4) is 0 Å². The van der Waals surface area contributed by atoms with Gasteiger partial charge in [0.25, 0.3) is 0 Å². The molecule has 2 aromatic carbocycles. The molecule has 2 N–H and O–H groups in total. The van der Waals surface area contributed by atoms with Gasteiger partial charge in [-0.05, 0) is 30.3 Å². The van der Waals surface area contributed by atoms with Crippen molar-refractivity contribution in [2.45, 2.75) is 0 Å². The summed E-state index contributed by atoms with van der Waals surface area (Å²) in [7, 11) is 0. The SMILES string of the molecule is O=C(Oc1cn2ccc(O)c2c(O)c1OC(=O)c1ccccc1)c1ccccc1. The lowest BCUT2D eigenvalue weighted by Gasteiger charge is -2.14. The summed E-state index contributed by atoms with van der Waals surface area (Å²) in [6.07, 6.45) is 2.80. The first-order valence-electron chi connectivity index (χ1n) is 8.64. The van der Waals surface area contributed by atoms with Gasteiger partial charge in [-0.25, -0.2) is 9.59 Å². The van der Waals surface area contributed by atoms with Crippen LogP contribution in [0.5, 0.6) is 23.0 Å². The third kappa shape index (κ3) is 3.49. The minimum absolute atomic E-state index is 0.0142. The number of hydrogen-bond acceptors (Lipinski definition) is 6. The van der Waals surface area contributed by atoms with Gasteiger partial charge in [-0.1, -0.05) is 36.4 Å². The number of esters is 2. The fourth-order valence-corrected chi connectivity index (χ4v) is 2.83. The van der Waals surface area contributed by atoms with Crippen LogP contribution in [0.4, 0.5) is 0 Å². The van der Waals surface area contributed by atoms with Crippen molar-refractivity contribution in [1.29, 1.82) is 0 Å². The highest BCUT2D eigenvalue weighted by Gasteiger charge is 2.24. The number of hydrogen-bond donors (Lipinski definition) is 2. The molecule has 0 unspecified atom stereocenters. The smallest absolute Gasteiger partial charge is 0.343 e. The van der Waals surface area contributed by atoms with Crippen molar-refractivity contribution in [3.63, 3.8) is 0 Å². The van der Waals surface area contributed by atoms with E-state index in [1.807, 2.05) is 0 Å². The average Bonchev–Trinajstić information content (AvgIpc) is 3.12. The maximum Gasteiger partial charge on any atom is 0.343 e. The summed E-state index contributed by atoms with van der Waals surface area (Å²) >= 11 is 0. The monoisotopic (exact) mass is 389 g/mol. The van der Waals surface area contributed by atoms with E-state index in [0.717, 1.165) is 0 Å². The Morgan fingerprint density at radius 3 is 1.90 bits per heavy atom. The van der Waals surface area contributed by atoms with Crippen molar-refractivity contribution < 1.29 is 29.3 Å². The number of rotatable bonds is 4. The number of carbonyl (C=O) groups is 2. The Labute approximate surface area is 165 Å². The largest absolute Gasteiger partial charge is 0.506 e. The molecule has 0 bridgehead atoms. The van der Waals surface area contributed by atoms with Crippen molar-refractivity contribution in [3.8, 4) is 23.0 Å². The summed E-state index contributed by atoms with van der Waals surface area (Å²) in [4.78, 5) is 25.0. The predicted octanol–water partition coefficient (Wildman–Crippen LogP) is 3.79. The molecule has 0 saturated carbocycles. The number of fused-ring (bicyclic) bond motifs is 1. The van der Waals surface area contributed by atoms with E-state index in [2.05, 4.69) is 0 Å². The molecule has 29 heavy (non-hydrogen) atoms. The van der Waals surface area contributed by atoms with Gasteiger partial charge in [-0.15, -0.1) is 0 Å². The van der Waals surface area contributed by atoms with E-state index in [1.54, 1.807) is 60.7 Å². The summed E-state index contributed by atoms with van der Waals surface area (Å²) in [5, 5.41) is 20.6. The zero-order valence-corrected chi connectivity index (χ0v) is 15.0. The van der Waals surface area contributed by atoms with E-state index in [0.29, 0.717) is 0 Å². The molecule has 7 nitrogen and oxygen atoms in total. The van der Waals surface area contributed by atoms with E-state index in [4.69, 9.17) is 9.47 Å². The quantitative estimate of drug-likeness (QED) is 0.516. The van der Waals surface area contributed by atoms with Gasteiger partial charge in [0, 0.05) is 6.20 Å². The molecule has 0 spiro atoms. The van der Waals surface area contributed by atoms with Crippen molar-refractivity contribution >= 4 is 17.5 Å². The standard InChI is InChI=1S/C22H15NO6/c24-16-11-12-23-13-17(28-21(26)14-7-3-1-4-8-14)20(19(25)18(16)23)29-22(27)15-9-5-2-6-10-15/h1-13,24-25H. The second-order valence-electron chi connectivity index (χ2n) is 6.14. The Bertz CT molecular complexity index is 1200. The molecule has 0 aliphatic carbocycles. The molecule has 2 aromatic heterocycles. The molecule has 0 atom stereocenters. The first-order valence-corrected chi connectivity index (χ1v) is 8.64. The summed E-state index contributed by atoms with van der Waals surface area (Å²) in [6, 6.07) is 17.7. The van der Waals surface area contributed by atoms with Crippen molar-refractivity contribution in [3.05, 3.63) is 90.3 Å². The molecule has 0 aliphatic heterocycles. The van der Waals surface area contributed by atoms with E-state index in [9.17, 15) is 19.8 Å². The molecular formula is C22H15NO6. The van der Waals surface area contributed by atoms with Gasteiger partial charge in [0.2, 0.25) is 5.75 Å². The lowest BCUT2D eigenvalue weighted by molar-refractivity contribution is 0.0677. The zero-order valence-electron chi connectivity index (χ0n) is 15.0. The van der Waals surface area contributed by atoms with E-state index >= 15 is 0 Å². The zero-order chi connectivity index (χ0) is 20.4. The fourth-order valence-electron chi connectivity index (χ4n) is 2.83. The van der Waals surface area contributed by atoms with Crippen LogP contribution in [0.2, 0.25) is 0 Å². The Morgan fingerprint density at radius 2 is 1.31 bits per heavy atom. The van der Waals surface area contributed by atoms with Crippen LogP contribution in [0.15, 0.2) is 79.1 Å². The Balaban J connectivity index is 1.77. The van der Waals surface area contributed by atoms with Crippen molar-refractivity contribution in [2.24, 2.45) is 0 Å². The average molecular weight is 389 g/mol. The van der Waals surface area contributed by atoms with Gasteiger partial charge in [0.15, 0.2) is 11.5 Å². The Morgan fingerprint density at radius 1 is 0.759 bits per heavy atom. The molecule has 0 amide bonds. The molecule has 144 valence electrons. The Kier molecular flexibility index (Phi) is 4.62. The van der Waals surface area contributed by atoms with Gasteiger partial charge in [-0.3, -0.25) is 0 Å². The molecule has 7 heteroatoms. The number of pyridine rings is 1. The Hall–Kier alpha value is -4.26. The highest BCUT2D eigenvalue weighted by Crippen LogP contribution is 2.43. The van der Waals surface area contributed by atoms with Gasteiger partial charge in [0.05, 0.1) is 17.3 Å². The first-order chi connectivity index (χ1) is 14.0. The number of aromatic nitrogens is 1. The maximum absolute atomic E-state index is 12.5. The van der Waals surface area contributed by atoms with Crippen LogP contribution in [0.25, 0.3) is 5.52 Å². The highest BCUT2D eigenvalue weighted by molar-refractivity contribution is 5.94. The minimum Gasteiger partial charge on any atom is -0.506 e. The van der Waals surface area contributed by atoms with Gasteiger partial charge < -0.3 is 24.1 Å². The second kappa shape index (κ2) is 7.40. The fraction of sp³-hybridized carbons (Fsp3) is 0. The molecule has 4 rings (SSSR count). The summed E-state index contributed by atoms with van der Waals surface area (Å²) in [5.74, 6) is -2.75. The number of aromatic hydroxyl groups is 2. The lowest BCUT2D eigenvalue weighted by Crippen LogP contribution is -2.13. The van der Waals surface area contributed by atoms with E-state index in [1.165, 1.54) is 22.9 Å². The first kappa shape index (κ1) is 18.1. The third-order valence-corrected chi connectivity index (χ3v) is 4.23. The summed E-state index contributed by atoms with van der Waals surface area (Å²) in [5.41, 5.74) is 0.537. The lowest BCUT2D eigenvalue weighted by atomic mass is 10.2. The predicted molar refractivity (Wildman–Crippen MR) is 104 cm³/mol. The van der Waals surface area contributed by atoms with Crippen LogP contribution in [0.1, 0.15) is 20.7 Å². The molecule has 0 fully saturated rings. The van der Waals surface area contributed by atoms with Crippen LogP contribution >= 0.6 is 0 Å². The second-order valence-corrected chi connectivity index (χ2v) is 6.14. The number of benzene rings is 2. The van der Waals surface area contributed by atoms with Crippen LogP contribution in [0, 0.1) is 0 Å². The number of carbonyl (C=O) groups excluding carboxylic acids is 2. The third-order valence-electron chi connectivity index (χ3n) is 4.23. The number of nitrogens with zero attached hydrogens (tertiary/aromatic N) is 1. The van der Waals surface area contributed by atoms with E-state index < -0.39 is 17.7 Å². The molecule has 4 aromatic rings. The van der Waals surface area contributed by atoms with Crippen LogP contribution in [-0.2, 0) is 0 Å². The van der Waals surface area contributed by atoms with E-state index in [-0.39, 0.29) is 33.9 Å². The molecule has 0 saturated heterocycles. The van der Waals surface area contributed by atoms with Crippen molar-refractivity contribution in [1.82, 2.24) is 4.40 Å². The summed E-state index contributed by atoms with van der Waals surface area (Å²) < 4.78 is 12.1. The minimum atomic E-state index is -0.756. The van der Waals surface area contributed by atoms with Crippen LogP contribution < -0.4 is 9.47 Å². The molecule has 2 heterocycles. The molecule has 0 radical (unpaired) electrons. The topological polar surface area (TPSA) is 97.5 Å². The summed E-state index contributed by atoms with van der Waals surface area (Å²) in [6.45, 7) is 0. The normalized spacial score (nSPS) is 10.6. The van der Waals surface area contributed by atoms with Gasteiger partial charge in [-0.2, -0.15) is 0 Å². The number of ether oxygens (including phenoxy) is 2. The highest BCUT2D eigenvalue weighted by atomic mass is 16.6.